The molecule has 10 rings (SSSR count). The van der Waals surface area contributed by atoms with Crippen molar-refractivity contribution in [2.24, 2.45) is 4.99 Å². The van der Waals surface area contributed by atoms with E-state index in [1.165, 1.54) is 69.4 Å². The van der Waals surface area contributed by atoms with Crippen LogP contribution in [0.3, 0.4) is 0 Å². The SMILES string of the molecule is C/C(=C\C(=NC(C)c1ccc(C2(c3ccc(-c4nc(C5=CCCC=C5)cc(-c5cccc(-c6ccccc6)c5)n4)cc3)CCCCC2)cc1)c1ccccc1)c1cccc(C2=CC=CCC2)c1. The first-order valence-electron chi connectivity index (χ1n) is 24.4. The van der Waals surface area contributed by atoms with Crippen molar-refractivity contribution in [2.45, 2.75) is 83.1 Å². The van der Waals surface area contributed by atoms with Crippen molar-refractivity contribution in [3.8, 4) is 33.8 Å². The zero-order chi connectivity index (χ0) is 45.4. The van der Waals surface area contributed by atoms with Crippen molar-refractivity contribution in [3.05, 3.63) is 245 Å². The van der Waals surface area contributed by atoms with Crippen LogP contribution in [-0.2, 0) is 5.41 Å². The average Bonchev–Trinajstić information content (AvgIpc) is 3.42. The van der Waals surface area contributed by atoms with Crippen molar-refractivity contribution in [1.29, 1.82) is 0 Å². The maximum absolute atomic E-state index is 5.43. The Labute approximate surface area is 397 Å². The van der Waals surface area contributed by atoms with E-state index < -0.39 is 0 Å². The van der Waals surface area contributed by atoms with E-state index in [-0.39, 0.29) is 11.5 Å². The highest BCUT2D eigenvalue weighted by Gasteiger charge is 2.36. The highest BCUT2D eigenvalue weighted by molar-refractivity contribution is 6.12. The van der Waals surface area contributed by atoms with Gasteiger partial charge in [-0.1, -0.05) is 201 Å². The van der Waals surface area contributed by atoms with Crippen LogP contribution in [0.1, 0.15) is 117 Å². The molecular weight excluding hydrogens is 811 g/mol. The first-order chi connectivity index (χ1) is 33.0. The van der Waals surface area contributed by atoms with Gasteiger partial charge in [0.2, 0.25) is 0 Å². The van der Waals surface area contributed by atoms with Crippen molar-refractivity contribution in [3.63, 3.8) is 0 Å². The Bertz CT molecular complexity index is 3030. The minimum atomic E-state index is -0.0567. The van der Waals surface area contributed by atoms with Crippen molar-refractivity contribution >= 4 is 22.4 Å². The molecule has 3 heteroatoms. The van der Waals surface area contributed by atoms with Gasteiger partial charge in [-0.05, 0) is 138 Å². The molecule has 3 aliphatic rings. The van der Waals surface area contributed by atoms with Gasteiger partial charge in [-0.2, -0.15) is 0 Å². The van der Waals surface area contributed by atoms with Crippen molar-refractivity contribution < 1.29 is 0 Å². The molecule has 0 N–H and O–H groups in total. The van der Waals surface area contributed by atoms with Gasteiger partial charge in [-0.15, -0.1) is 0 Å². The van der Waals surface area contributed by atoms with Gasteiger partial charge in [0.25, 0.3) is 0 Å². The van der Waals surface area contributed by atoms with Crippen LogP contribution in [0.15, 0.2) is 211 Å². The summed E-state index contributed by atoms with van der Waals surface area (Å²) in [6.07, 6.45) is 25.9. The number of rotatable bonds is 12. The number of aliphatic imine (C=N–C) groups is 1. The molecule has 3 aliphatic carbocycles. The van der Waals surface area contributed by atoms with Crippen molar-refractivity contribution in [1.82, 2.24) is 9.97 Å². The Morgan fingerprint density at radius 2 is 1.25 bits per heavy atom. The second kappa shape index (κ2) is 20.1. The van der Waals surface area contributed by atoms with Crippen LogP contribution >= 0.6 is 0 Å². The molecule has 6 aromatic carbocycles. The second-order valence-corrected chi connectivity index (χ2v) is 18.5. The third-order valence-electron chi connectivity index (χ3n) is 14.1. The minimum absolute atomic E-state index is 0.0262. The fourth-order valence-corrected chi connectivity index (χ4v) is 10.3. The summed E-state index contributed by atoms with van der Waals surface area (Å²) in [5, 5.41) is 0. The monoisotopic (exact) mass is 869 g/mol. The summed E-state index contributed by atoms with van der Waals surface area (Å²) in [5.41, 5.74) is 18.7. The highest BCUT2D eigenvalue weighted by Crippen LogP contribution is 2.46. The van der Waals surface area contributed by atoms with Crippen molar-refractivity contribution in [2.75, 3.05) is 0 Å². The molecule has 1 unspecified atom stereocenters. The van der Waals surface area contributed by atoms with Crippen LogP contribution in [0, 0.1) is 0 Å². The lowest BCUT2D eigenvalue weighted by Crippen LogP contribution is -2.30. The molecular formula is C64H59N3. The normalized spacial score (nSPS) is 16.6. The lowest BCUT2D eigenvalue weighted by atomic mass is 9.65. The largest absolute Gasteiger partial charge is 0.277 e. The fourth-order valence-electron chi connectivity index (χ4n) is 10.3. The molecule has 0 radical (unpaired) electrons. The number of benzene rings is 6. The van der Waals surface area contributed by atoms with E-state index in [0.29, 0.717) is 0 Å². The van der Waals surface area contributed by atoms with E-state index in [2.05, 4.69) is 220 Å². The summed E-state index contributed by atoms with van der Waals surface area (Å²) < 4.78 is 0. The van der Waals surface area contributed by atoms with Gasteiger partial charge in [-0.3, -0.25) is 4.99 Å². The molecule has 1 atom stereocenters. The Kier molecular flexibility index (Phi) is 13.1. The number of aromatic nitrogens is 2. The lowest BCUT2D eigenvalue weighted by Gasteiger charge is -2.39. The van der Waals surface area contributed by atoms with Gasteiger partial charge in [-0.25, -0.2) is 9.97 Å². The van der Waals surface area contributed by atoms with Crippen LogP contribution in [0.5, 0.6) is 0 Å². The summed E-state index contributed by atoms with van der Waals surface area (Å²) >= 11 is 0. The fraction of sp³-hybridized carbons (Fsp3) is 0.203. The predicted molar refractivity (Wildman–Crippen MR) is 283 cm³/mol. The van der Waals surface area contributed by atoms with Crippen LogP contribution < -0.4 is 0 Å². The van der Waals surface area contributed by atoms with Crippen LogP contribution in [0.25, 0.3) is 50.5 Å². The molecule has 1 fully saturated rings. The van der Waals surface area contributed by atoms with Gasteiger partial charge in [0.15, 0.2) is 5.82 Å². The molecule has 0 amide bonds. The Hall–Kier alpha value is -7.23. The third-order valence-corrected chi connectivity index (χ3v) is 14.1. The van der Waals surface area contributed by atoms with Gasteiger partial charge in [0.1, 0.15) is 0 Å². The molecule has 0 aliphatic heterocycles. The number of hydrogen-bond acceptors (Lipinski definition) is 3. The molecule has 67 heavy (non-hydrogen) atoms. The number of hydrogen-bond donors (Lipinski definition) is 0. The maximum Gasteiger partial charge on any atom is 0.160 e. The molecule has 330 valence electrons. The molecule has 1 saturated carbocycles. The summed E-state index contributed by atoms with van der Waals surface area (Å²) in [4.78, 5) is 15.9. The topological polar surface area (TPSA) is 38.1 Å². The van der Waals surface area contributed by atoms with E-state index in [1.807, 2.05) is 0 Å². The Morgan fingerprint density at radius 1 is 0.582 bits per heavy atom. The molecule has 3 nitrogen and oxygen atoms in total. The van der Waals surface area contributed by atoms with Gasteiger partial charge >= 0.3 is 0 Å². The summed E-state index contributed by atoms with van der Waals surface area (Å²) in [6.45, 7) is 4.44. The molecule has 0 saturated heterocycles. The highest BCUT2D eigenvalue weighted by atomic mass is 14.9. The van der Waals surface area contributed by atoms with E-state index >= 15 is 0 Å². The number of allylic oxidation sites excluding steroid dienone is 10. The first kappa shape index (κ1) is 43.7. The smallest absolute Gasteiger partial charge is 0.160 e. The van der Waals surface area contributed by atoms with Crippen LogP contribution in [0.4, 0.5) is 0 Å². The number of nitrogens with zero attached hydrogens (tertiary/aromatic N) is 3. The van der Waals surface area contributed by atoms with Gasteiger partial charge in [0.05, 0.1) is 23.1 Å². The molecule has 1 heterocycles. The zero-order valence-electron chi connectivity index (χ0n) is 38.9. The predicted octanol–water partition coefficient (Wildman–Crippen LogP) is 16.8. The summed E-state index contributed by atoms with van der Waals surface area (Å²) in [7, 11) is 0. The zero-order valence-corrected chi connectivity index (χ0v) is 38.9. The quantitative estimate of drug-likeness (QED) is 0.115. The summed E-state index contributed by atoms with van der Waals surface area (Å²) in [6, 6.07) is 59.7. The molecule has 7 aromatic rings. The molecule has 0 bridgehead atoms. The Balaban J connectivity index is 0.943. The van der Waals surface area contributed by atoms with Gasteiger partial charge in [0, 0.05) is 16.5 Å². The van der Waals surface area contributed by atoms with Crippen LogP contribution in [0.2, 0.25) is 0 Å². The molecule has 1 aromatic heterocycles. The minimum Gasteiger partial charge on any atom is -0.277 e. The summed E-state index contributed by atoms with van der Waals surface area (Å²) in [5.74, 6) is 0.754. The average molecular weight is 870 g/mol. The second-order valence-electron chi connectivity index (χ2n) is 18.5. The third kappa shape index (κ3) is 9.84. The van der Waals surface area contributed by atoms with E-state index in [1.54, 1.807) is 0 Å². The maximum atomic E-state index is 5.43. The molecule has 0 spiro atoms. The van der Waals surface area contributed by atoms with E-state index in [4.69, 9.17) is 15.0 Å². The Morgan fingerprint density at radius 3 is 1.99 bits per heavy atom. The van der Waals surface area contributed by atoms with Gasteiger partial charge < -0.3 is 0 Å². The van der Waals surface area contributed by atoms with E-state index in [0.717, 1.165) is 83.7 Å². The first-order valence-corrected chi connectivity index (χ1v) is 24.4. The van der Waals surface area contributed by atoms with E-state index in [9.17, 15) is 0 Å². The standard InChI is InChI=1S/C64H59N3/c1-46(54-28-18-29-55(43-54)49-20-8-3-9-21-49)42-60(51-24-12-5-13-25-51)65-47(2)48-32-36-58(37-33-48)64(40-16-7-17-41-64)59-38-34-53(35-39-59)63-66-61(52-26-14-6-15-27-52)45-62(67-63)57-31-19-30-56(44-57)50-22-10-4-11-23-50/h3-5,8,10-14,18-20,22-39,42-45,47H,6-7,9,15-17,21,40-41H2,1-2H3/b46-42+,65-60?. The van der Waals surface area contributed by atoms with Crippen LogP contribution in [-0.4, -0.2) is 15.7 Å². The lowest BCUT2D eigenvalue weighted by molar-refractivity contribution is 0.346.